The van der Waals surface area contributed by atoms with Gasteiger partial charge < -0.3 is 19.3 Å². The van der Waals surface area contributed by atoms with Gasteiger partial charge in [0.15, 0.2) is 0 Å². The lowest BCUT2D eigenvalue weighted by atomic mass is 10.1. The van der Waals surface area contributed by atoms with Crippen LogP contribution in [0.5, 0.6) is 11.5 Å². The minimum Gasteiger partial charge on any atom is -0.497 e. The van der Waals surface area contributed by atoms with E-state index in [1.165, 1.54) is 14.2 Å². The quantitative estimate of drug-likeness (QED) is 0.681. The number of amides is 1. The van der Waals surface area contributed by atoms with Crippen LogP contribution in [-0.2, 0) is 6.42 Å². The van der Waals surface area contributed by atoms with E-state index in [1.807, 2.05) is 6.92 Å². The molecule has 0 aliphatic heterocycles. The van der Waals surface area contributed by atoms with E-state index >= 15 is 0 Å². The van der Waals surface area contributed by atoms with Gasteiger partial charge in [0.25, 0.3) is 5.91 Å². The highest BCUT2D eigenvalue weighted by atomic mass is 35.5. The lowest BCUT2D eigenvalue weighted by Crippen LogP contribution is -2.13. The zero-order valence-corrected chi connectivity index (χ0v) is 15.8. The summed E-state index contributed by atoms with van der Waals surface area (Å²) in [5, 5.41) is 7.00. The largest absolute Gasteiger partial charge is 0.497 e. The first kappa shape index (κ1) is 18.7. The second kappa shape index (κ2) is 8.09. The number of nitrogens with one attached hydrogen (secondary N) is 1. The van der Waals surface area contributed by atoms with E-state index in [9.17, 15) is 4.79 Å². The van der Waals surface area contributed by atoms with Crippen molar-refractivity contribution in [1.29, 1.82) is 0 Å². The molecule has 0 radical (unpaired) electrons. The summed E-state index contributed by atoms with van der Waals surface area (Å²) in [6, 6.07) is 10.1. The Hall–Kier alpha value is -3.06. The molecule has 1 heterocycles. The molecule has 0 bridgehead atoms. The molecule has 0 fully saturated rings. The fraction of sp³-hybridized carbons (Fsp3) is 0.211. The molecule has 3 aromatic rings. The Kier molecular flexibility index (Phi) is 5.61. The summed E-state index contributed by atoms with van der Waals surface area (Å²) in [6.07, 6.45) is 0.665. The second-order valence-electron chi connectivity index (χ2n) is 5.58. The number of methoxy groups -OCH3 is 2. The average Bonchev–Trinajstić information content (AvgIpc) is 3.18. The Bertz CT molecular complexity index is 954. The third-order valence-electron chi connectivity index (χ3n) is 3.90. The van der Waals surface area contributed by atoms with Crippen molar-refractivity contribution in [1.82, 2.24) is 10.1 Å². The van der Waals surface area contributed by atoms with Gasteiger partial charge in [0.1, 0.15) is 17.2 Å². The molecule has 7 nitrogen and oxygen atoms in total. The molecular weight excluding hydrogens is 370 g/mol. The minimum absolute atomic E-state index is 0.315. The molecule has 1 N–H and O–H groups in total. The standard InChI is InChI=1S/C19H18ClN3O4/c1-4-16-21-18(23-27-16)11-5-7-12(8-6-11)19(24)22-17-14(20)9-13(25-2)10-15(17)26-3/h5-10H,4H2,1-3H3,(H,22,24). The molecule has 27 heavy (non-hydrogen) atoms. The number of anilines is 1. The van der Waals surface area contributed by atoms with Crippen LogP contribution in [0.25, 0.3) is 11.4 Å². The molecule has 0 saturated carbocycles. The Morgan fingerprint density at radius 2 is 1.93 bits per heavy atom. The summed E-state index contributed by atoms with van der Waals surface area (Å²) >= 11 is 6.24. The van der Waals surface area contributed by atoms with Gasteiger partial charge in [-0.25, -0.2) is 0 Å². The summed E-state index contributed by atoms with van der Waals surface area (Å²) in [7, 11) is 3.02. The maximum Gasteiger partial charge on any atom is 0.255 e. The molecule has 1 amide bonds. The van der Waals surface area contributed by atoms with Crippen molar-refractivity contribution in [3.8, 4) is 22.9 Å². The van der Waals surface area contributed by atoms with Crippen LogP contribution >= 0.6 is 11.6 Å². The van der Waals surface area contributed by atoms with Gasteiger partial charge in [-0.15, -0.1) is 0 Å². The van der Waals surface area contributed by atoms with Gasteiger partial charge >= 0.3 is 0 Å². The van der Waals surface area contributed by atoms with Crippen LogP contribution in [0.1, 0.15) is 23.2 Å². The minimum atomic E-state index is -0.325. The molecule has 0 aliphatic rings. The Morgan fingerprint density at radius 3 is 2.52 bits per heavy atom. The zero-order chi connectivity index (χ0) is 19.4. The summed E-state index contributed by atoms with van der Waals surface area (Å²) in [5.74, 6) is 1.66. The third kappa shape index (κ3) is 4.03. The molecule has 0 atom stereocenters. The first-order chi connectivity index (χ1) is 13.0. The highest BCUT2D eigenvalue weighted by Crippen LogP contribution is 2.37. The number of aromatic nitrogens is 2. The van der Waals surface area contributed by atoms with Gasteiger partial charge in [0.05, 0.1) is 19.2 Å². The molecule has 0 saturated heterocycles. The third-order valence-corrected chi connectivity index (χ3v) is 4.20. The van der Waals surface area contributed by atoms with E-state index < -0.39 is 0 Å². The van der Waals surface area contributed by atoms with Crippen LogP contribution < -0.4 is 14.8 Å². The first-order valence-electron chi connectivity index (χ1n) is 8.21. The number of hydrogen-bond acceptors (Lipinski definition) is 6. The number of hydrogen-bond donors (Lipinski definition) is 1. The highest BCUT2D eigenvalue weighted by Gasteiger charge is 2.16. The van der Waals surface area contributed by atoms with Crippen LogP contribution in [0.2, 0.25) is 5.02 Å². The molecule has 2 aromatic carbocycles. The van der Waals surface area contributed by atoms with Crippen LogP contribution in [0.4, 0.5) is 5.69 Å². The number of halogens is 1. The molecule has 8 heteroatoms. The Morgan fingerprint density at radius 1 is 1.19 bits per heavy atom. The van der Waals surface area contributed by atoms with Crippen molar-refractivity contribution < 1.29 is 18.8 Å². The number of carbonyl (C=O) groups is 1. The number of aryl methyl sites for hydroxylation is 1. The second-order valence-corrected chi connectivity index (χ2v) is 5.99. The maximum atomic E-state index is 12.6. The smallest absolute Gasteiger partial charge is 0.255 e. The molecule has 140 valence electrons. The van der Waals surface area contributed by atoms with Crippen LogP contribution in [0.15, 0.2) is 40.9 Å². The molecule has 0 unspecified atom stereocenters. The van der Waals surface area contributed by atoms with Gasteiger partial charge in [-0.1, -0.05) is 35.8 Å². The summed E-state index contributed by atoms with van der Waals surface area (Å²) < 4.78 is 15.5. The summed E-state index contributed by atoms with van der Waals surface area (Å²) in [4.78, 5) is 16.8. The van der Waals surface area contributed by atoms with Gasteiger partial charge in [-0.2, -0.15) is 4.98 Å². The SMILES string of the molecule is CCc1nc(-c2ccc(C(=O)Nc3c(Cl)cc(OC)cc3OC)cc2)no1. The topological polar surface area (TPSA) is 86.5 Å². The fourth-order valence-corrected chi connectivity index (χ4v) is 2.68. The first-order valence-corrected chi connectivity index (χ1v) is 8.59. The maximum absolute atomic E-state index is 12.6. The van der Waals surface area contributed by atoms with Gasteiger partial charge in [0, 0.05) is 29.7 Å². The van der Waals surface area contributed by atoms with E-state index in [1.54, 1.807) is 36.4 Å². The zero-order valence-electron chi connectivity index (χ0n) is 15.1. The normalized spacial score (nSPS) is 10.5. The molecular formula is C19H18ClN3O4. The van der Waals surface area contributed by atoms with Crippen molar-refractivity contribution >= 4 is 23.2 Å². The van der Waals surface area contributed by atoms with E-state index in [2.05, 4.69) is 15.5 Å². The van der Waals surface area contributed by atoms with Crippen molar-refractivity contribution in [2.24, 2.45) is 0 Å². The molecule has 3 rings (SSSR count). The van der Waals surface area contributed by atoms with Crippen LogP contribution in [-0.4, -0.2) is 30.3 Å². The van der Waals surface area contributed by atoms with Crippen molar-refractivity contribution in [3.63, 3.8) is 0 Å². The number of ether oxygens (including phenoxy) is 2. The van der Waals surface area contributed by atoms with Crippen LogP contribution in [0.3, 0.4) is 0 Å². The predicted molar refractivity (Wildman–Crippen MR) is 102 cm³/mol. The van der Waals surface area contributed by atoms with Crippen molar-refractivity contribution in [2.45, 2.75) is 13.3 Å². The lowest BCUT2D eigenvalue weighted by Gasteiger charge is -2.13. The van der Waals surface area contributed by atoms with Gasteiger partial charge in [-0.3, -0.25) is 4.79 Å². The predicted octanol–water partition coefficient (Wildman–Crippen LogP) is 4.22. The summed E-state index contributed by atoms with van der Waals surface area (Å²) in [5.41, 5.74) is 1.58. The number of benzene rings is 2. The van der Waals surface area contributed by atoms with E-state index in [0.717, 1.165) is 5.56 Å². The number of nitrogens with zero attached hydrogens (tertiary/aromatic N) is 2. The lowest BCUT2D eigenvalue weighted by molar-refractivity contribution is 0.102. The summed E-state index contributed by atoms with van der Waals surface area (Å²) in [6.45, 7) is 1.93. The van der Waals surface area contributed by atoms with E-state index in [4.69, 9.17) is 25.6 Å². The molecule has 1 aromatic heterocycles. The highest BCUT2D eigenvalue weighted by molar-refractivity contribution is 6.34. The van der Waals surface area contributed by atoms with E-state index in [-0.39, 0.29) is 5.91 Å². The Balaban J connectivity index is 1.80. The number of carbonyl (C=O) groups excluding carboxylic acids is 1. The van der Waals surface area contributed by atoms with Crippen molar-refractivity contribution in [3.05, 3.63) is 52.9 Å². The average molecular weight is 388 g/mol. The molecule has 0 aliphatic carbocycles. The fourth-order valence-electron chi connectivity index (χ4n) is 2.43. The van der Waals surface area contributed by atoms with E-state index in [0.29, 0.717) is 45.9 Å². The molecule has 0 spiro atoms. The van der Waals surface area contributed by atoms with Gasteiger partial charge in [-0.05, 0) is 12.1 Å². The van der Waals surface area contributed by atoms with Crippen molar-refractivity contribution in [2.75, 3.05) is 19.5 Å². The Labute approximate surface area is 161 Å². The monoisotopic (exact) mass is 387 g/mol. The van der Waals surface area contributed by atoms with Crippen LogP contribution in [0, 0.1) is 0 Å². The van der Waals surface area contributed by atoms with Gasteiger partial charge in [0.2, 0.25) is 11.7 Å². The number of rotatable bonds is 6.